The van der Waals surface area contributed by atoms with Crippen LogP contribution >= 0.6 is 0 Å². The highest BCUT2D eigenvalue weighted by Gasteiger charge is 2.22. The summed E-state index contributed by atoms with van der Waals surface area (Å²) in [5, 5.41) is 15.9. The second-order valence-corrected chi connectivity index (χ2v) is 5.75. The van der Waals surface area contributed by atoms with E-state index in [1.165, 1.54) is 0 Å². The minimum Gasteiger partial charge on any atom is -0.350 e. The maximum atomic E-state index is 12.0. The van der Waals surface area contributed by atoms with Crippen LogP contribution < -0.4 is 10.7 Å². The van der Waals surface area contributed by atoms with Crippen molar-refractivity contribution in [1.82, 2.24) is 5.32 Å². The number of nitrogens with zero attached hydrogens (tertiary/aromatic N) is 2. The van der Waals surface area contributed by atoms with Crippen LogP contribution in [0.4, 0.5) is 5.69 Å². The fourth-order valence-corrected chi connectivity index (χ4v) is 2.34. The third-order valence-corrected chi connectivity index (χ3v) is 3.87. The summed E-state index contributed by atoms with van der Waals surface area (Å²) in [6, 6.07) is 19.4. The molecule has 5 nitrogen and oxygen atoms in total. The van der Waals surface area contributed by atoms with E-state index in [9.17, 15) is 4.79 Å². The van der Waals surface area contributed by atoms with Crippen LogP contribution in [0.3, 0.4) is 0 Å². The summed E-state index contributed by atoms with van der Waals surface area (Å²) in [5.74, 6) is 0.120. The number of nitriles is 1. The molecule has 0 heterocycles. The number of rotatable bonds is 6. The van der Waals surface area contributed by atoms with Crippen LogP contribution in [0.25, 0.3) is 11.1 Å². The van der Waals surface area contributed by atoms with E-state index in [1.54, 1.807) is 0 Å². The maximum absolute atomic E-state index is 12.0. The Balaban J connectivity index is 1.75. The number of para-hydroxylation sites is 1. The largest absolute Gasteiger partial charge is 0.350 e. The third-order valence-electron chi connectivity index (χ3n) is 3.87. The lowest BCUT2D eigenvalue weighted by molar-refractivity contribution is -0.114. The molecule has 0 atom stereocenters. The van der Waals surface area contributed by atoms with Gasteiger partial charge in [-0.25, -0.2) is 0 Å². The Kier molecular flexibility index (Phi) is 4.87. The quantitative estimate of drug-likeness (QED) is 0.634. The first-order valence-electron chi connectivity index (χ1n) is 7.94. The van der Waals surface area contributed by atoms with Gasteiger partial charge in [0.1, 0.15) is 6.07 Å². The van der Waals surface area contributed by atoms with E-state index in [0.717, 1.165) is 29.7 Å². The topological polar surface area (TPSA) is 77.3 Å². The zero-order chi connectivity index (χ0) is 16.8. The highest BCUT2D eigenvalue weighted by molar-refractivity contribution is 6.45. The molecular weight excluding hydrogens is 300 g/mol. The first kappa shape index (κ1) is 15.8. The van der Waals surface area contributed by atoms with Crippen LogP contribution in [0.5, 0.6) is 0 Å². The molecule has 0 aromatic heterocycles. The molecule has 2 aromatic rings. The van der Waals surface area contributed by atoms with Gasteiger partial charge in [0.25, 0.3) is 5.91 Å². The molecule has 5 heteroatoms. The lowest BCUT2D eigenvalue weighted by atomic mass is 10.0. The summed E-state index contributed by atoms with van der Waals surface area (Å²) in [6.07, 6.45) is 2.28. The SMILES string of the molecule is N#CC(=NNc1ccccc1-c1ccccc1)C(=O)NCC1CC1. The second-order valence-electron chi connectivity index (χ2n) is 5.75. The smallest absolute Gasteiger partial charge is 0.282 e. The van der Waals surface area contributed by atoms with Crippen molar-refractivity contribution in [3.8, 4) is 17.2 Å². The van der Waals surface area contributed by atoms with Crippen molar-refractivity contribution in [2.75, 3.05) is 12.0 Å². The van der Waals surface area contributed by atoms with E-state index >= 15 is 0 Å². The van der Waals surface area contributed by atoms with E-state index in [2.05, 4.69) is 15.8 Å². The molecule has 0 bridgehead atoms. The maximum Gasteiger partial charge on any atom is 0.282 e. The van der Waals surface area contributed by atoms with Gasteiger partial charge in [0.05, 0.1) is 5.69 Å². The number of amides is 1. The normalized spacial score (nSPS) is 13.9. The zero-order valence-electron chi connectivity index (χ0n) is 13.2. The Labute approximate surface area is 141 Å². The van der Waals surface area contributed by atoms with Crippen molar-refractivity contribution < 1.29 is 4.79 Å². The number of hydrogen-bond acceptors (Lipinski definition) is 4. The highest BCUT2D eigenvalue weighted by atomic mass is 16.1. The molecule has 2 N–H and O–H groups in total. The lowest BCUT2D eigenvalue weighted by Gasteiger charge is -2.09. The predicted molar refractivity (Wildman–Crippen MR) is 94.3 cm³/mol. The van der Waals surface area contributed by atoms with E-state index in [0.29, 0.717) is 12.5 Å². The number of anilines is 1. The Morgan fingerprint density at radius 1 is 1.12 bits per heavy atom. The van der Waals surface area contributed by atoms with Gasteiger partial charge in [0.2, 0.25) is 5.71 Å². The number of benzene rings is 2. The minimum atomic E-state index is -0.436. The molecule has 1 saturated carbocycles. The third kappa shape index (κ3) is 3.99. The van der Waals surface area contributed by atoms with Gasteiger partial charge in [-0.3, -0.25) is 10.2 Å². The fraction of sp³-hybridized carbons (Fsp3) is 0.211. The highest BCUT2D eigenvalue weighted by Crippen LogP contribution is 2.28. The van der Waals surface area contributed by atoms with Gasteiger partial charge in [-0.2, -0.15) is 10.4 Å². The first-order chi connectivity index (χ1) is 11.8. The van der Waals surface area contributed by atoms with Crippen LogP contribution in [0.15, 0.2) is 59.7 Å². The summed E-state index contributed by atoms with van der Waals surface area (Å²) in [6.45, 7) is 0.611. The Bertz CT molecular complexity index is 789. The van der Waals surface area contributed by atoms with Crippen molar-refractivity contribution in [3.63, 3.8) is 0 Å². The van der Waals surface area contributed by atoms with Crippen LogP contribution in [-0.2, 0) is 4.79 Å². The van der Waals surface area contributed by atoms with Gasteiger partial charge in [0.15, 0.2) is 0 Å². The number of carbonyl (C=O) groups is 1. The molecule has 1 fully saturated rings. The van der Waals surface area contributed by atoms with Crippen molar-refractivity contribution in [1.29, 1.82) is 5.26 Å². The molecule has 0 spiro atoms. The Morgan fingerprint density at radius 3 is 2.54 bits per heavy atom. The summed E-state index contributed by atoms with van der Waals surface area (Å²) in [7, 11) is 0. The average Bonchev–Trinajstić information content (AvgIpc) is 3.46. The van der Waals surface area contributed by atoms with Gasteiger partial charge >= 0.3 is 0 Å². The Hall–Kier alpha value is -3.13. The van der Waals surface area contributed by atoms with Gasteiger partial charge in [-0.15, -0.1) is 0 Å². The van der Waals surface area contributed by atoms with Gasteiger partial charge in [0, 0.05) is 12.1 Å². The van der Waals surface area contributed by atoms with Crippen LogP contribution in [0.1, 0.15) is 12.8 Å². The summed E-state index contributed by atoms with van der Waals surface area (Å²) >= 11 is 0. The molecule has 120 valence electrons. The number of carbonyl (C=O) groups excluding carboxylic acids is 1. The van der Waals surface area contributed by atoms with E-state index in [-0.39, 0.29) is 5.71 Å². The van der Waals surface area contributed by atoms with E-state index < -0.39 is 5.91 Å². The summed E-state index contributed by atoms with van der Waals surface area (Å²) in [4.78, 5) is 12.0. The minimum absolute atomic E-state index is 0.168. The molecule has 2 aromatic carbocycles. The van der Waals surface area contributed by atoms with Crippen LogP contribution in [-0.4, -0.2) is 18.2 Å². The molecule has 24 heavy (non-hydrogen) atoms. The Morgan fingerprint density at radius 2 is 1.83 bits per heavy atom. The van der Waals surface area contributed by atoms with Gasteiger partial charge in [-0.05, 0) is 30.4 Å². The molecule has 1 aliphatic carbocycles. The summed E-state index contributed by atoms with van der Waals surface area (Å²) in [5.41, 5.74) is 5.42. The monoisotopic (exact) mass is 318 g/mol. The summed E-state index contributed by atoms with van der Waals surface area (Å²) < 4.78 is 0. The number of nitrogens with one attached hydrogen (secondary N) is 2. The van der Waals surface area contributed by atoms with Crippen molar-refractivity contribution in [2.45, 2.75) is 12.8 Å². The van der Waals surface area contributed by atoms with Crippen molar-refractivity contribution >= 4 is 17.3 Å². The number of hydrogen-bond donors (Lipinski definition) is 2. The van der Waals surface area contributed by atoms with E-state index in [4.69, 9.17) is 5.26 Å². The molecule has 0 aliphatic heterocycles. The van der Waals surface area contributed by atoms with Crippen molar-refractivity contribution in [3.05, 3.63) is 54.6 Å². The standard InChI is InChI=1S/C19H18N4O/c20-12-18(19(24)21-13-14-10-11-14)23-22-17-9-5-4-8-16(17)15-6-2-1-3-7-15/h1-9,14,22H,10-11,13H2,(H,21,24). The predicted octanol–water partition coefficient (Wildman–Crippen LogP) is 3.17. The molecule has 3 rings (SSSR count). The second kappa shape index (κ2) is 7.42. The fourth-order valence-electron chi connectivity index (χ4n) is 2.34. The lowest BCUT2D eigenvalue weighted by Crippen LogP contribution is -2.32. The molecular formula is C19H18N4O. The molecule has 0 saturated heterocycles. The van der Waals surface area contributed by atoms with Gasteiger partial charge < -0.3 is 5.32 Å². The molecule has 0 unspecified atom stereocenters. The molecule has 1 aliphatic rings. The van der Waals surface area contributed by atoms with Crippen molar-refractivity contribution in [2.24, 2.45) is 11.0 Å². The van der Waals surface area contributed by atoms with Crippen LogP contribution in [0.2, 0.25) is 0 Å². The number of hydrazone groups is 1. The average molecular weight is 318 g/mol. The van der Waals surface area contributed by atoms with E-state index in [1.807, 2.05) is 60.7 Å². The van der Waals surface area contributed by atoms with Crippen LogP contribution in [0, 0.1) is 17.2 Å². The zero-order valence-corrected chi connectivity index (χ0v) is 13.2. The first-order valence-corrected chi connectivity index (χ1v) is 7.94. The molecule has 0 radical (unpaired) electrons. The van der Waals surface area contributed by atoms with Gasteiger partial charge in [-0.1, -0.05) is 48.5 Å². The molecule has 1 amide bonds.